The second-order valence-corrected chi connectivity index (χ2v) is 9.32. The van der Waals surface area contributed by atoms with E-state index in [4.69, 9.17) is 0 Å². The lowest BCUT2D eigenvalue weighted by Gasteiger charge is -2.53. The number of nitrogens with one attached hydrogen (secondary N) is 1. The van der Waals surface area contributed by atoms with Crippen LogP contribution in [0.25, 0.3) is 0 Å². The normalized spacial score (nSPS) is 32.8. The van der Waals surface area contributed by atoms with Crippen molar-refractivity contribution in [2.45, 2.75) is 42.5 Å². The quantitative estimate of drug-likeness (QED) is 0.652. The summed E-state index contributed by atoms with van der Waals surface area (Å²) in [6.45, 7) is 1.90. The van der Waals surface area contributed by atoms with E-state index in [0.717, 1.165) is 25.8 Å². The Hall–Kier alpha value is -1.51. The second-order valence-electron chi connectivity index (χ2n) is 7.42. The van der Waals surface area contributed by atoms with Crippen LogP contribution in [-0.4, -0.2) is 42.8 Å². The van der Waals surface area contributed by atoms with Gasteiger partial charge in [0, 0.05) is 24.7 Å². The SMILES string of the molecule is O=[N+]([O-])c1ccccc1S(=O)(=O)N1CCCC(C23CCC2CCN3)C1. The molecule has 0 aromatic heterocycles. The van der Waals surface area contributed by atoms with Gasteiger partial charge in [-0.1, -0.05) is 12.1 Å². The molecule has 1 aromatic rings. The minimum atomic E-state index is -3.86. The topological polar surface area (TPSA) is 92.5 Å². The van der Waals surface area contributed by atoms with Gasteiger partial charge in [-0.25, -0.2) is 8.42 Å². The predicted molar refractivity (Wildman–Crippen MR) is 92.7 cm³/mol. The number of sulfonamides is 1. The van der Waals surface area contributed by atoms with Gasteiger partial charge in [-0.15, -0.1) is 0 Å². The van der Waals surface area contributed by atoms with E-state index in [0.29, 0.717) is 24.9 Å². The molecule has 1 N–H and O–H groups in total. The molecule has 3 aliphatic rings. The highest BCUT2D eigenvalue weighted by atomic mass is 32.2. The molecule has 0 bridgehead atoms. The summed E-state index contributed by atoms with van der Waals surface area (Å²) in [5, 5.41) is 14.9. The zero-order valence-electron chi connectivity index (χ0n) is 14.1. The number of para-hydroxylation sites is 1. The summed E-state index contributed by atoms with van der Waals surface area (Å²) in [5.74, 6) is 0.950. The van der Waals surface area contributed by atoms with Crippen LogP contribution in [0.3, 0.4) is 0 Å². The maximum Gasteiger partial charge on any atom is 0.289 e. The highest BCUT2D eigenvalue weighted by molar-refractivity contribution is 7.89. The number of benzene rings is 1. The molecule has 1 saturated carbocycles. The molecule has 3 atom stereocenters. The van der Waals surface area contributed by atoms with Crippen molar-refractivity contribution in [2.24, 2.45) is 11.8 Å². The Balaban J connectivity index is 1.62. The molecule has 1 aromatic carbocycles. The lowest BCUT2D eigenvalue weighted by atomic mass is 9.60. The van der Waals surface area contributed by atoms with E-state index >= 15 is 0 Å². The average molecular weight is 365 g/mol. The molecule has 136 valence electrons. The number of nitro benzene ring substituents is 1. The van der Waals surface area contributed by atoms with Crippen LogP contribution in [0.15, 0.2) is 29.2 Å². The Morgan fingerprint density at radius 3 is 2.68 bits per heavy atom. The first-order chi connectivity index (χ1) is 11.9. The Morgan fingerprint density at radius 1 is 1.20 bits per heavy atom. The van der Waals surface area contributed by atoms with Gasteiger partial charge < -0.3 is 5.32 Å². The lowest BCUT2D eigenvalue weighted by molar-refractivity contribution is -0.387. The van der Waals surface area contributed by atoms with Gasteiger partial charge in [0.25, 0.3) is 5.69 Å². The van der Waals surface area contributed by atoms with Crippen LogP contribution in [-0.2, 0) is 10.0 Å². The van der Waals surface area contributed by atoms with Crippen molar-refractivity contribution in [3.05, 3.63) is 34.4 Å². The van der Waals surface area contributed by atoms with E-state index in [9.17, 15) is 18.5 Å². The smallest absolute Gasteiger partial charge is 0.289 e. The van der Waals surface area contributed by atoms with Crippen LogP contribution in [0.2, 0.25) is 0 Å². The standard InChI is InChI=1S/C17H23N3O4S/c21-20(22)15-5-1-2-6-16(15)25(23,24)19-11-3-4-14(12-19)17-9-7-13(17)8-10-18-17/h1-2,5-6,13-14,18H,3-4,7-12H2. The van der Waals surface area contributed by atoms with Crippen LogP contribution in [0, 0.1) is 22.0 Å². The van der Waals surface area contributed by atoms with Crippen molar-refractivity contribution in [1.82, 2.24) is 9.62 Å². The Labute approximate surface area is 147 Å². The van der Waals surface area contributed by atoms with Crippen molar-refractivity contribution in [3.8, 4) is 0 Å². The summed E-state index contributed by atoms with van der Waals surface area (Å²) < 4.78 is 27.6. The summed E-state index contributed by atoms with van der Waals surface area (Å²) in [4.78, 5) is 10.4. The first-order valence-electron chi connectivity index (χ1n) is 8.94. The van der Waals surface area contributed by atoms with Crippen LogP contribution < -0.4 is 5.32 Å². The molecular weight excluding hydrogens is 342 g/mol. The molecule has 8 heteroatoms. The van der Waals surface area contributed by atoms with Gasteiger partial charge in [-0.3, -0.25) is 10.1 Å². The zero-order valence-corrected chi connectivity index (χ0v) is 14.9. The first-order valence-corrected chi connectivity index (χ1v) is 10.4. The number of rotatable bonds is 4. The predicted octanol–water partition coefficient (Wildman–Crippen LogP) is 2.14. The largest absolute Gasteiger partial charge is 0.311 e. The fourth-order valence-electron chi connectivity index (χ4n) is 5.00. The molecule has 0 radical (unpaired) electrons. The van der Waals surface area contributed by atoms with E-state index in [2.05, 4.69) is 5.32 Å². The van der Waals surface area contributed by atoms with Gasteiger partial charge in [0.15, 0.2) is 4.90 Å². The molecule has 1 aliphatic carbocycles. The minimum absolute atomic E-state index is 0.0941. The molecule has 3 unspecified atom stereocenters. The summed E-state index contributed by atoms with van der Waals surface area (Å²) >= 11 is 0. The van der Waals surface area contributed by atoms with E-state index in [-0.39, 0.29) is 16.1 Å². The van der Waals surface area contributed by atoms with Crippen molar-refractivity contribution < 1.29 is 13.3 Å². The number of fused-ring (bicyclic) bond motifs is 1. The molecule has 4 rings (SSSR count). The van der Waals surface area contributed by atoms with Gasteiger partial charge in [-0.2, -0.15) is 4.31 Å². The van der Waals surface area contributed by atoms with Crippen molar-refractivity contribution in [2.75, 3.05) is 19.6 Å². The summed E-state index contributed by atoms with van der Waals surface area (Å²) in [6, 6.07) is 5.64. The maximum absolute atomic E-state index is 13.1. The third-order valence-corrected chi connectivity index (χ3v) is 8.29. The molecule has 2 saturated heterocycles. The molecule has 2 heterocycles. The maximum atomic E-state index is 13.1. The third-order valence-electron chi connectivity index (χ3n) is 6.37. The summed E-state index contributed by atoms with van der Waals surface area (Å²) in [7, 11) is -3.86. The van der Waals surface area contributed by atoms with Crippen LogP contribution in [0.5, 0.6) is 0 Å². The van der Waals surface area contributed by atoms with Crippen molar-refractivity contribution >= 4 is 15.7 Å². The van der Waals surface area contributed by atoms with E-state index in [1.807, 2.05) is 0 Å². The van der Waals surface area contributed by atoms with Crippen molar-refractivity contribution in [3.63, 3.8) is 0 Å². The number of hydrogen-bond donors (Lipinski definition) is 1. The lowest BCUT2D eigenvalue weighted by Crippen LogP contribution is -2.61. The average Bonchev–Trinajstić information content (AvgIpc) is 2.90. The van der Waals surface area contributed by atoms with E-state index < -0.39 is 14.9 Å². The summed E-state index contributed by atoms with van der Waals surface area (Å²) in [6.07, 6.45) is 5.34. The van der Waals surface area contributed by atoms with E-state index in [1.165, 1.54) is 35.3 Å². The molecule has 2 aliphatic heterocycles. The zero-order chi connectivity index (χ0) is 17.7. The molecule has 0 spiro atoms. The van der Waals surface area contributed by atoms with Gasteiger partial charge in [0.2, 0.25) is 10.0 Å². The number of nitro groups is 1. The van der Waals surface area contributed by atoms with Gasteiger partial charge in [0.1, 0.15) is 0 Å². The van der Waals surface area contributed by atoms with Gasteiger partial charge in [0.05, 0.1) is 4.92 Å². The van der Waals surface area contributed by atoms with Crippen LogP contribution >= 0.6 is 0 Å². The Kier molecular flexibility index (Phi) is 4.09. The number of hydrogen-bond acceptors (Lipinski definition) is 5. The highest BCUT2D eigenvalue weighted by Crippen LogP contribution is 2.51. The molecule has 7 nitrogen and oxygen atoms in total. The minimum Gasteiger partial charge on any atom is -0.311 e. The molecule has 0 amide bonds. The van der Waals surface area contributed by atoms with Gasteiger partial charge >= 0.3 is 0 Å². The third kappa shape index (κ3) is 2.58. The molecule has 25 heavy (non-hydrogen) atoms. The Morgan fingerprint density at radius 2 is 2.00 bits per heavy atom. The summed E-state index contributed by atoms with van der Waals surface area (Å²) in [5.41, 5.74) is -0.250. The fourth-order valence-corrected chi connectivity index (χ4v) is 6.68. The highest BCUT2D eigenvalue weighted by Gasteiger charge is 2.55. The second kappa shape index (κ2) is 6.03. The fraction of sp³-hybridized carbons (Fsp3) is 0.647. The van der Waals surface area contributed by atoms with Crippen LogP contribution in [0.1, 0.15) is 32.1 Å². The Bertz CT molecular complexity index is 797. The number of nitrogens with zero attached hydrogens (tertiary/aromatic N) is 2. The van der Waals surface area contributed by atoms with Crippen molar-refractivity contribution in [1.29, 1.82) is 0 Å². The molecular formula is C17H23N3O4S. The number of piperidine rings is 1. The molecule has 3 fully saturated rings. The van der Waals surface area contributed by atoms with Crippen LogP contribution in [0.4, 0.5) is 5.69 Å². The monoisotopic (exact) mass is 365 g/mol. The van der Waals surface area contributed by atoms with E-state index in [1.54, 1.807) is 6.07 Å². The first kappa shape index (κ1) is 16.9. The van der Waals surface area contributed by atoms with Gasteiger partial charge in [-0.05, 0) is 56.6 Å².